The molecule has 4 rings (SSSR count). The Morgan fingerprint density at radius 2 is 1.96 bits per heavy atom. The molecule has 2 aromatic carbocycles. The number of para-hydroxylation sites is 1. The fourth-order valence-electron chi connectivity index (χ4n) is 3.76. The van der Waals surface area contributed by atoms with Crippen molar-refractivity contribution in [3.8, 4) is 5.75 Å². The fourth-order valence-corrected chi connectivity index (χ4v) is 3.76. The molecule has 3 aromatic rings. The Morgan fingerprint density at radius 1 is 1.19 bits per heavy atom. The van der Waals surface area contributed by atoms with Gasteiger partial charge in [-0.1, -0.05) is 30.3 Å². The molecule has 1 aliphatic heterocycles. The van der Waals surface area contributed by atoms with Crippen LogP contribution in [-0.4, -0.2) is 30.6 Å². The molecule has 5 heteroatoms. The zero-order valence-corrected chi connectivity index (χ0v) is 15.0. The van der Waals surface area contributed by atoms with Crippen LogP contribution < -0.4 is 15.4 Å². The third-order valence-corrected chi connectivity index (χ3v) is 5.03. The van der Waals surface area contributed by atoms with Crippen LogP contribution in [0.3, 0.4) is 0 Å². The summed E-state index contributed by atoms with van der Waals surface area (Å²) in [5, 5.41) is 7.66. The van der Waals surface area contributed by atoms with Crippen LogP contribution in [0.2, 0.25) is 0 Å². The van der Waals surface area contributed by atoms with Crippen LogP contribution in [0, 0.1) is 0 Å². The van der Waals surface area contributed by atoms with Crippen molar-refractivity contribution < 1.29 is 9.53 Å². The van der Waals surface area contributed by atoms with Crippen molar-refractivity contribution in [2.45, 2.75) is 25.4 Å². The number of H-pyrrole nitrogens is 1. The molecular formula is C21H23N3O2. The minimum Gasteiger partial charge on any atom is -0.497 e. The summed E-state index contributed by atoms with van der Waals surface area (Å²) in [7, 11) is 1.66. The fraction of sp³-hybridized carbons (Fsp3) is 0.286. The van der Waals surface area contributed by atoms with Gasteiger partial charge in [-0.2, -0.15) is 0 Å². The van der Waals surface area contributed by atoms with Gasteiger partial charge >= 0.3 is 0 Å². The molecule has 1 unspecified atom stereocenters. The molecule has 2 atom stereocenters. The molecular weight excluding hydrogens is 326 g/mol. The number of nitrogens with one attached hydrogen (secondary N) is 3. The van der Waals surface area contributed by atoms with Crippen molar-refractivity contribution in [2.24, 2.45) is 0 Å². The summed E-state index contributed by atoms with van der Waals surface area (Å²) >= 11 is 0. The zero-order valence-electron chi connectivity index (χ0n) is 15.0. The lowest BCUT2D eigenvalue weighted by atomic mass is 9.90. The molecule has 0 fully saturated rings. The van der Waals surface area contributed by atoms with Gasteiger partial charge in [0.2, 0.25) is 5.91 Å². The zero-order chi connectivity index (χ0) is 18.1. The highest BCUT2D eigenvalue weighted by atomic mass is 16.5. The maximum atomic E-state index is 12.5. The van der Waals surface area contributed by atoms with E-state index in [1.54, 1.807) is 7.11 Å². The molecule has 0 aliphatic carbocycles. The number of likely N-dealkylation sites (N-methyl/N-ethyl adjacent to an activating group) is 1. The number of methoxy groups -OCH3 is 1. The molecule has 3 N–H and O–H groups in total. The monoisotopic (exact) mass is 349 g/mol. The van der Waals surface area contributed by atoms with E-state index in [0.29, 0.717) is 13.0 Å². The highest BCUT2D eigenvalue weighted by molar-refractivity contribution is 5.88. The quantitative estimate of drug-likeness (QED) is 0.678. The van der Waals surface area contributed by atoms with Gasteiger partial charge in [0.15, 0.2) is 0 Å². The Labute approximate surface area is 152 Å². The highest BCUT2D eigenvalue weighted by Gasteiger charge is 2.33. The maximum Gasteiger partial charge on any atom is 0.237 e. The first kappa shape index (κ1) is 16.7. The number of hydrogen-bond donors (Lipinski definition) is 3. The molecule has 1 aromatic heterocycles. The first-order valence-electron chi connectivity index (χ1n) is 8.98. The van der Waals surface area contributed by atoms with Crippen molar-refractivity contribution in [3.63, 3.8) is 0 Å². The Morgan fingerprint density at radius 3 is 2.69 bits per heavy atom. The van der Waals surface area contributed by atoms with E-state index in [-0.39, 0.29) is 18.0 Å². The van der Waals surface area contributed by atoms with E-state index in [4.69, 9.17) is 4.74 Å². The number of hydrogen-bond acceptors (Lipinski definition) is 3. The maximum absolute atomic E-state index is 12.5. The van der Waals surface area contributed by atoms with Crippen LogP contribution in [0.1, 0.15) is 29.8 Å². The minimum absolute atomic E-state index is 0.0435. The lowest BCUT2D eigenvalue weighted by Gasteiger charge is -2.31. The molecule has 2 heterocycles. The minimum atomic E-state index is -0.256. The molecule has 26 heavy (non-hydrogen) atoms. The summed E-state index contributed by atoms with van der Waals surface area (Å²) in [5.74, 6) is 0.864. The summed E-state index contributed by atoms with van der Waals surface area (Å²) in [6.07, 6.45) is 0.678. The standard InChI is InChI=1S/C21H23N3O2/c1-3-22-21(25)18-12-16-15-6-4-5-7-17(15)23-20(16)19(24-18)13-8-10-14(26-2)11-9-13/h4-11,18-19,23-24H,3,12H2,1-2H3,(H,22,25)/t18-,19?/m0/s1. The van der Waals surface area contributed by atoms with Gasteiger partial charge in [0, 0.05) is 23.1 Å². The number of carbonyl (C=O) groups excluding carboxylic acids is 1. The second kappa shape index (κ2) is 6.84. The smallest absolute Gasteiger partial charge is 0.237 e. The Hall–Kier alpha value is -2.79. The van der Waals surface area contributed by atoms with Gasteiger partial charge in [-0.15, -0.1) is 0 Å². The summed E-state index contributed by atoms with van der Waals surface area (Å²) < 4.78 is 5.27. The Kier molecular flexibility index (Phi) is 4.39. The average molecular weight is 349 g/mol. The molecule has 134 valence electrons. The predicted molar refractivity (Wildman–Crippen MR) is 102 cm³/mol. The number of fused-ring (bicyclic) bond motifs is 3. The lowest BCUT2D eigenvalue weighted by Crippen LogP contribution is -2.49. The van der Waals surface area contributed by atoms with Crippen LogP contribution in [0.15, 0.2) is 48.5 Å². The third kappa shape index (κ3) is 2.84. The van der Waals surface area contributed by atoms with E-state index < -0.39 is 0 Å². The van der Waals surface area contributed by atoms with E-state index >= 15 is 0 Å². The van der Waals surface area contributed by atoms with E-state index in [9.17, 15) is 4.79 Å². The van der Waals surface area contributed by atoms with Crippen LogP contribution in [0.4, 0.5) is 0 Å². The Bertz CT molecular complexity index is 930. The van der Waals surface area contributed by atoms with Crippen LogP contribution in [0.25, 0.3) is 10.9 Å². The molecule has 0 saturated heterocycles. The number of aromatic amines is 1. The largest absolute Gasteiger partial charge is 0.497 e. The number of carbonyl (C=O) groups is 1. The highest BCUT2D eigenvalue weighted by Crippen LogP contribution is 2.35. The molecule has 1 amide bonds. The summed E-state index contributed by atoms with van der Waals surface area (Å²) in [5.41, 5.74) is 4.57. The van der Waals surface area contributed by atoms with Gasteiger partial charge in [0.25, 0.3) is 0 Å². The van der Waals surface area contributed by atoms with E-state index in [1.165, 1.54) is 10.9 Å². The van der Waals surface area contributed by atoms with Crippen molar-refractivity contribution in [2.75, 3.05) is 13.7 Å². The van der Waals surface area contributed by atoms with Crippen molar-refractivity contribution in [3.05, 3.63) is 65.4 Å². The first-order valence-corrected chi connectivity index (χ1v) is 8.98. The number of ether oxygens (including phenoxy) is 1. The number of benzene rings is 2. The first-order chi connectivity index (χ1) is 12.7. The molecule has 0 saturated carbocycles. The van der Waals surface area contributed by atoms with Gasteiger partial charge in [0.05, 0.1) is 19.2 Å². The lowest BCUT2D eigenvalue weighted by molar-refractivity contribution is -0.123. The van der Waals surface area contributed by atoms with Crippen molar-refractivity contribution in [1.82, 2.24) is 15.6 Å². The van der Waals surface area contributed by atoms with Gasteiger partial charge in [-0.3, -0.25) is 10.1 Å². The second-order valence-corrected chi connectivity index (χ2v) is 6.59. The summed E-state index contributed by atoms with van der Waals surface area (Å²) in [4.78, 5) is 16.1. The van der Waals surface area contributed by atoms with Gasteiger partial charge < -0.3 is 15.0 Å². The molecule has 0 radical (unpaired) electrons. The molecule has 0 bridgehead atoms. The number of amides is 1. The predicted octanol–water partition coefficient (Wildman–Crippen LogP) is 2.92. The summed E-state index contributed by atoms with van der Waals surface area (Å²) in [6.45, 7) is 2.57. The Balaban J connectivity index is 1.80. The van der Waals surface area contributed by atoms with Crippen LogP contribution in [0.5, 0.6) is 5.75 Å². The van der Waals surface area contributed by atoms with E-state index in [0.717, 1.165) is 22.5 Å². The van der Waals surface area contributed by atoms with Gasteiger partial charge in [-0.05, 0) is 42.7 Å². The SMILES string of the molecule is CCNC(=O)[C@@H]1Cc2c([nH]c3ccccc23)C(c2ccc(OC)cc2)N1. The van der Waals surface area contributed by atoms with E-state index in [2.05, 4.69) is 27.8 Å². The normalized spacial score (nSPS) is 19.2. The molecule has 0 spiro atoms. The summed E-state index contributed by atoms with van der Waals surface area (Å²) in [6, 6.07) is 16.0. The van der Waals surface area contributed by atoms with Crippen molar-refractivity contribution in [1.29, 1.82) is 0 Å². The average Bonchev–Trinajstić information content (AvgIpc) is 3.06. The van der Waals surface area contributed by atoms with Crippen molar-refractivity contribution >= 4 is 16.8 Å². The third-order valence-electron chi connectivity index (χ3n) is 5.03. The van der Waals surface area contributed by atoms with E-state index in [1.807, 2.05) is 43.3 Å². The molecule has 1 aliphatic rings. The molecule has 5 nitrogen and oxygen atoms in total. The number of aromatic nitrogens is 1. The second-order valence-electron chi connectivity index (χ2n) is 6.59. The van der Waals surface area contributed by atoms with Gasteiger partial charge in [-0.25, -0.2) is 0 Å². The topological polar surface area (TPSA) is 66.2 Å². The van der Waals surface area contributed by atoms with Crippen LogP contribution >= 0.6 is 0 Å². The number of rotatable bonds is 4. The van der Waals surface area contributed by atoms with Gasteiger partial charge in [0.1, 0.15) is 5.75 Å². The van der Waals surface area contributed by atoms with Crippen LogP contribution in [-0.2, 0) is 11.2 Å².